The van der Waals surface area contributed by atoms with Crippen LogP contribution in [0.25, 0.3) is 0 Å². The Bertz CT molecular complexity index is 981. The first-order valence-electron chi connectivity index (χ1n) is 9.34. The summed E-state index contributed by atoms with van der Waals surface area (Å²) in [4.78, 5) is 12.1. The van der Waals surface area contributed by atoms with E-state index in [-0.39, 0.29) is 17.4 Å². The number of aryl methyl sites for hydroxylation is 1. The number of benzene rings is 2. The zero-order valence-electron chi connectivity index (χ0n) is 16.3. The van der Waals surface area contributed by atoms with E-state index in [0.717, 1.165) is 24.1 Å². The SMILES string of the molecule is Cc1cccc(NC(=O)c2ccc(F)c(S(=O)(=O)N3C[C@@H](C)C[C@H](C)C3)c2)c1. The highest BCUT2D eigenvalue weighted by Gasteiger charge is 2.33. The fourth-order valence-corrected chi connectivity index (χ4v) is 5.48. The van der Waals surface area contributed by atoms with Crippen molar-refractivity contribution in [3.05, 3.63) is 59.4 Å². The number of hydrogen-bond acceptors (Lipinski definition) is 3. The van der Waals surface area contributed by atoms with Gasteiger partial charge in [-0.3, -0.25) is 4.79 Å². The minimum atomic E-state index is -4.02. The van der Waals surface area contributed by atoms with Crippen molar-refractivity contribution in [2.45, 2.75) is 32.1 Å². The Morgan fingerprint density at radius 2 is 1.79 bits per heavy atom. The van der Waals surface area contributed by atoms with E-state index in [0.29, 0.717) is 18.8 Å². The summed E-state index contributed by atoms with van der Waals surface area (Å²) >= 11 is 0. The number of rotatable bonds is 4. The van der Waals surface area contributed by atoms with Crippen LogP contribution < -0.4 is 5.32 Å². The van der Waals surface area contributed by atoms with Crippen LogP contribution in [-0.4, -0.2) is 31.7 Å². The second-order valence-corrected chi connectivity index (χ2v) is 9.64. The first-order valence-corrected chi connectivity index (χ1v) is 10.8. The molecule has 2 aromatic rings. The zero-order valence-corrected chi connectivity index (χ0v) is 17.1. The maximum Gasteiger partial charge on any atom is 0.255 e. The Morgan fingerprint density at radius 1 is 1.11 bits per heavy atom. The second kappa shape index (κ2) is 8.01. The van der Waals surface area contributed by atoms with Crippen molar-refractivity contribution in [2.24, 2.45) is 11.8 Å². The molecule has 0 spiro atoms. The van der Waals surface area contributed by atoms with Crippen LogP contribution in [0.3, 0.4) is 0 Å². The monoisotopic (exact) mass is 404 g/mol. The number of sulfonamides is 1. The van der Waals surface area contributed by atoms with E-state index >= 15 is 0 Å². The Hall–Kier alpha value is -2.25. The lowest BCUT2D eigenvalue weighted by molar-refractivity contribution is 0.102. The molecule has 0 unspecified atom stereocenters. The van der Waals surface area contributed by atoms with Crippen LogP contribution in [0.15, 0.2) is 47.4 Å². The molecule has 1 saturated heterocycles. The van der Waals surface area contributed by atoms with E-state index in [1.54, 1.807) is 12.1 Å². The maximum atomic E-state index is 14.4. The molecule has 0 bridgehead atoms. The molecule has 3 rings (SSSR count). The second-order valence-electron chi connectivity index (χ2n) is 7.74. The molecule has 1 amide bonds. The predicted molar refractivity (Wildman–Crippen MR) is 107 cm³/mol. The van der Waals surface area contributed by atoms with Crippen molar-refractivity contribution in [3.8, 4) is 0 Å². The third-order valence-corrected chi connectivity index (χ3v) is 6.77. The van der Waals surface area contributed by atoms with Gasteiger partial charge in [-0.05, 0) is 61.1 Å². The fourth-order valence-electron chi connectivity index (χ4n) is 3.71. The summed E-state index contributed by atoms with van der Waals surface area (Å²) in [6.45, 7) is 6.58. The molecule has 0 radical (unpaired) electrons. The molecule has 5 nitrogen and oxygen atoms in total. The molecular weight excluding hydrogens is 379 g/mol. The standard InChI is InChI=1S/C21H25FN2O3S/c1-14-5-4-6-18(10-14)23-21(25)17-7-8-19(22)20(11-17)28(26,27)24-12-15(2)9-16(3)13-24/h4-8,10-11,15-16H,9,12-13H2,1-3H3,(H,23,25)/t15-,16-/m0/s1. The molecule has 1 aliphatic heterocycles. The smallest absolute Gasteiger partial charge is 0.255 e. The van der Waals surface area contributed by atoms with Crippen molar-refractivity contribution in [1.82, 2.24) is 4.31 Å². The molecule has 1 heterocycles. The fraction of sp³-hybridized carbons (Fsp3) is 0.381. The molecule has 1 fully saturated rings. The normalized spacial score (nSPS) is 20.7. The van der Waals surface area contributed by atoms with Crippen LogP contribution in [0.2, 0.25) is 0 Å². The highest BCUT2D eigenvalue weighted by Crippen LogP contribution is 2.28. The van der Waals surface area contributed by atoms with Crippen molar-refractivity contribution in [2.75, 3.05) is 18.4 Å². The van der Waals surface area contributed by atoms with Crippen LogP contribution in [0.4, 0.5) is 10.1 Å². The van der Waals surface area contributed by atoms with E-state index in [1.807, 2.05) is 32.9 Å². The molecule has 0 saturated carbocycles. The molecular formula is C21H25FN2O3S. The van der Waals surface area contributed by atoms with Gasteiger partial charge in [0.15, 0.2) is 0 Å². The molecule has 2 aromatic carbocycles. The molecule has 1 aliphatic rings. The summed E-state index contributed by atoms with van der Waals surface area (Å²) in [6.07, 6.45) is 0.938. The van der Waals surface area contributed by atoms with Gasteiger partial charge in [-0.25, -0.2) is 12.8 Å². The van der Waals surface area contributed by atoms with E-state index in [2.05, 4.69) is 5.32 Å². The van der Waals surface area contributed by atoms with Crippen LogP contribution in [-0.2, 0) is 10.0 Å². The summed E-state index contributed by atoms with van der Waals surface area (Å²) in [5, 5.41) is 2.72. The number of nitrogens with zero attached hydrogens (tertiary/aromatic N) is 1. The van der Waals surface area contributed by atoms with E-state index < -0.39 is 26.6 Å². The average Bonchev–Trinajstić information content (AvgIpc) is 2.61. The molecule has 1 N–H and O–H groups in total. The van der Waals surface area contributed by atoms with Gasteiger partial charge < -0.3 is 5.32 Å². The van der Waals surface area contributed by atoms with Crippen molar-refractivity contribution >= 4 is 21.6 Å². The molecule has 0 aliphatic carbocycles. The Morgan fingerprint density at radius 3 is 2.43 bits per heavy atom. The summed E-state index contributed by atoms with van der Waals surface area (Å²) in [7, 11) is -4.02. The van der Waals surface area contributed by atoms with Gasteiger partial charge in [-0.2, -0.15) is 4.31 Å². The first kappa shape index (κ1) is 20.5. The van der Waals surface area contributed by atoms with Gasteiger partial charge in [0.25, 0.3) is 5.91 Å². The number of piperidine rings is 1. The van der Waals surface area contributed by atoms with Gasteiger partial charge >= 0.3 is 0 Å². The molecule has 150 valence electrons. The van der Waals surface area contributed by atoms with Gasteiger partial charge in [-0.15, -0.1) is 0 Å². The molecule has 0 aromatic heterocycles. The lowest BCUT2D eigenvalue weighted by atomic mass is 9.94. The minimum absolute atomic E-state index is 0.0968. The third kappa shape index (κ3) is 4.42. The predicted octanol–water partition coefficient (Wildman–Crippen LogP) is 4.05. The summed E-state index contributed by atoms with van der Waals surface area (Å²) in [5.41, 5.74) is 1.67. The Balaban J connectivity index is 1.89. The lowest BCUT2D eigenvalue weighted by Crippen LogP contribution is -2.42. The van der Waals surface area contributed by atoms with Gasteiger partial charge in [0.05, 0.1) is 0 Å². The minimum Gasteiger partial charge on any atom is -0.322 e. The number of nitrogens with one attached hydrogen (secondary N) is 1. The van der Waals surface area contributed by atoms with Crippen LogP contribution >= 0.6 is 0 Å². The van der Waals surface area contributed by atoms with Gasteiger partial charge in [-0.1, -0.05) is 26.0 Å². The maximum absolute atomic E-state index is 14.4. The highest BCUT2D eigenvalue weighted by molar-refractivity contribution is 7.89. The number of amides is 1. The quantitative estimate of drug-likeness (QED) is 0.836. The highest BCUT2D eigenvalue weighted by atomic mass is 32.2. The lowest BCUT2D eigenvalue weighted by Gasteiger charge is -2.34. The van der Waals surface area contributed by atoms with E-state index in [9.17, 15) is 17.6 Å². The zero-order chi connectivity index (χ0) is 20.5. The number of carbonyl (C=O) groups excluding carboxylic acids is 1. The van der Waals surface area contributed by atoms with Crippen molar-refractivity contribution < 1.29 is 17.6 Å². The van der Waals surface area contributed by atoms with E-state index in [4.69, 9.17) is 0 Å². The number of carbonyl (C=O) groups is 1. The molecule has 2 atom stereocenters. The van der Waals surface area contributed by atoms with E-state index in [1.165, 1.54) is 10.4 Å². The molecule has 7 heteroatoms. The summed E-state index contributed by atoms with van der Waals surface area (Å²) in [5.74, 6) is -0.927. The van der Waals surface area contributed by atoms with Crippen LogP contribution in [0.1, 0.15) is 36.2 Å². The topological polar surface area (TPSA) is 66.5 Å². The van der Waals surface area contributed by atoms with Gasteiger partial charge in [0, 0.05) is 24.3 Å². The third-order valence-electron chi connectivity index (χ3n) is 4.92. The number of hydrogen-bond donors (Lipinski definition) is 1. The largest absolute Gasteiger partial charge is 0.322 e. The van der Waals surface area contributed by atoms with Crippen LogP contribution in [0.5, 0.6) is 0 Å². The Kier molecular flexibility index (Phi) is 5.86. The van der Waals surface area contributed by atoms with Gasteiger partial charge in [0.1, 0.15) is 10.7 Å². The average molecular weight is 405 g/mol. The van der Waals surface area contributed by atoms with Crippen LogP contribution in [0, 0.1) is 24.6 Å². The number of anilines is 1. The molecule has 28 heavy (non-hydrogen) atoms. The van der Waals surface area contributed by atoms with Gasteiger partial charge in [0.2, 0.25) is 10.0 Å². The summed E-state index contributed by atoms with van der Waals surface area (Å²) in [6, 6.07) is 10.7. The first-order chi connectivity index (χ1) is 13.2. The summed E-state index contributed by atoms with van der Waals surface area (Å²) < 4.78 is 41.8. The van der Waals surface area contributed by atoms with Crippen molar-refractivity contribution in [1.29, 1.82) is 0 Å². The van der Waals surface area contributed by atoms with Crippen molar-refractivity contribution in [3.63, 3.8) is 0 Å². The Labute approximate surface area is 165 Å². The number of halogens is 1.